The summed E-state index contributed by atoms with van der Waals surface area (Å²) < 4.78 is 6.79. The summed E-state index contributed by atoms with van der Waals surface area (Å²) in [4.78, 5) is 14.1. The van der Waals surface area contributed by atoms with E-state index in [1.807, 2.05) is 17.0 Å². The molecule has 1 saturated carbocycles. The van der Waals surface area contributed by atoms with Gasteiger partial charge in [0.25, 0.3) is 0 Å². The van der Waals surface area contributed by atoms with Crippen molar-refractivity contribution in [3.8, 4) is 5.75 Å². The fourth-order valence-electron chi connectivity index (χ4n) is 2.49. The van der Waals surface area contributed by atoms with E-state index in [1.54, 1.807) is 0 Å². The fourth-order valence-corrected chi connectivity index (χ4v) is 3.04. The Morgan fingerprint density at radius 3 is 2.95 bits per heavy atom. The molecular weight excluding hydrogens is 308 g/mol. The van der Waals surface area contributed by atoms with Crippen LogP contribution in [-0.2, 0) is 17.9 Å². The third-order valence-electron chi connectivity index (χ3n) is 3.63. The number of rotatable bonds is 2. The van der Waals surface area contributed by atoms with Crippen LogP contribution in [0.15, 0.2) is 16.6 Å². The van der Waals surface area contributed by atoms with Gasteiger partial charge in [-0.05, 0) is 25.0 Å². The average Bonchev–Trinajstić information content (AvgIpc) is 3.22. The minimum absolute atomic E-state index is 0.252. The Morgan fingerprint density at radius 1 is 1.47 bits per heavy atom. The third-order valence-corrected chi connectivity index (χ3v) is 4.09. The van der Waals surface area contributed by atoms with Crippen LogP contribution < -0.4 is 10.5 Å². The molecule has 1 heterocycles. The molecule has 0 radical (unpaired) electrons. The molecule has 0 aromatic heterocycles. The van der Waals surface area contributed by atoms with E-state index in [2.05, 4.69) is 15.9 Å². The number of benzene rings is 1. The zero-order valence-corrected chi connectivity index (χ0v) is 12.3. The van der Waals surface area contributed by atoms with Crippen LogP contribution in [0.4, 0.5) is 0 Å². The first kappa shape index (κ1) is 12.9. The lowest BCUT2D eigenvalue weighted by molar-refractivity contribution is -0.133. The Kier molecular flexibility index (Phi) is 3.50. The molecule has 102 valence electrons. The summed E-state index contributed by atoms with van der Waals surface area (Å²) in [5, 5.41) is 0. The largest absolute Gasteiger partial charge is 0.491 e. The molecule has 1 aromatic rings. The van der Waals surface area contributed by atoms with Crippen molar-refractivity contribution in [3.05, 3.63) is 27.7 Å². The van der Waals surface area contributed by atoms with Gasteiger partial charge in [0.1, 0.15) is 12.4 Å². The number of fused-ring (bicyclic) bond motifs is 1. The molecule has 1 aliphatic heterocycles. The lowest BCUT2D eigenvalue weighted by Crippen LogP contribution is -2.33. The molecule has 5 heteroatoms. The van der Waals surface area contributed by atoms with E-state index in [4.69, 9.17) is 10.5 Å². The number of carbonyl (C=O) groups excluding carboxylic acids is 1. The van der Waals surface area contributed by atoms with Crippen molar-refractivity contribution in [2.75, 3.05) is 13.2 Å². The number of hydrogen-bond donors (Lipinski definition) is 1. The first-order valence-electron chi connectivity index (χ1n) is 6.62. The molecule has 0 saturated heterocycles. The van der Waals surface area contributed by atoms with Gasteiger partial charge >= 0.3 is 0 Å². The van der Waals surface area contributed by atoms with Gasteiger partial charge in [0.05, 0.1) is 6.54 Å². The van der Waals surface area contributed by atoms with Gasteiger partial charge in [0, 0.05) is 34.6 Å². The van der Waals surface area contributed by atoms with Crippen LogP contribution in [0.25, 0.3) is 0 Å². The monoisotopic (exact) mass is 324 g/mol. The lowest BCUT2D eigenvalue weighted by Gasteiger charge is -2.19. The fraction of sp³-hybridized carbons (Fsp3) is 0.500. The Balaban J connectivity index is 1.90. The quantitative estimate of drug-likeness (QED) is 0.905. The van der Waals surface area contributed by atoms with Crippen molar-refractivity contribution in [1.82, 2.24) is 4.90 Å². The van der Waals surface area contributed by atoms with Crippen molar-refractivity contribution in [1.29, 1.82) is 0 Å². The predicted octanol–water partition coefficient (Wildman–Crippen LogP) is 2.04. The summed E-state index contributed by atoms with van der Waals surface area (Å²) in [6, 6.07) is 4.00. The second-order valence-electron chi connectivity index (χ2n) is 5.14. The van der Waals surface area contributed by atoms with Crippen LogP contribution in [0.2, 0.25) is 0 Å². The van der Waals surface area contributed by atoms with Gasteiger partial charge in [-0.1, -0.05) is 15.9 Å². The maximum absolute atomic E-state index is 12.2. The number of nitrogens with two attached hydrogens (primary N) is 1. The van der Waals surface area contributed by atoms with Gasteiger partial charge < -0.3 is 15.4 Å². The van der Waals surface area contributed by atoms with Crippen molar-refractivity contribution in [2.24, 2.45) is 11.7 Å². The molecule has 19 heavy (non-hydrogen) atoms. The zero-order valence-electron chi connectivity index (χ0n) is 10.7. The summed E-state index contributed by atoms with van der Waals surface area (Å²) >= 11 is 3.49. The Morgan fingerprint density at radius 2 is 2.26 bits per heavy atom. The van der Waals surface area contributed by atoms with Gasteiger partial charge in [-0.25, -0.2) is 0 Å². The Bertz CT molecular complexity index is 514. The number of halogens is 1. The number of ether oxygens (including phenoxy) is 1. The second-order valence-corrected chi connectivity index (χ2v) is 6.06. The predicted molar refractivity (Wildman–Crippen MR) is 75.7 cm³/mol. The van der Waals surface area contributed by atoms with Crippen LogP contribution in [0.5, 0.6) is 5.75 Å². The van der Waals surface area contributed by atoms with E-state index in [-0.39, 0.29) is 11.8 Å². The third kappa shape index (κ3) is 2.62. The number of carbonyl (C=O) groups is 1. The minimum atomic E-state index is 0.252. The normalized spacial score (nSPS) is 18.5. The summed E-state index contributed by atoms with van der Waals surface area (Å²) in [7, 11) is 0. The molecule has 1 amide bonds. The van der Waals surface area contributed by atoms with Gasteiger partial charge in [-0.2, -0.15) is 0 Å². The maximum Gasteiger partial charge on any atom is 0.226 e. The standard InChI is InChI=1S/C14H17BrN2O2/c15-12-5-10(7-16)13-11(6-12)8-17(3-4-19-13)14(18)9-1-2-9/h5-6,9H,1-4,7-8,16H2. The number of amides is 1. The zero-order chi connectivity index (χ0) is 13.4. The molecule has 0 atom stereocenters. The van der Waals surface area contributed by atoms with Crippen LogP contribution in [0.3, 0.4) is 0 Å². The molecule has 0 bridgehead atoms. The van der Waals surface area contributed by atoms with Gasteiger partial charge in [0.2, 0.25) is 5.91 Å². The van der Waals surface area contributed by atoms with E-state index in [0.717, 1.165) is 34.2 Å². The average molecular weight is 325 g/mol. The van der Waals surface area contributed by atoms with E-state index in [0.29, 0.717) is 26.2 Å². The SMILES string of the molecule is NCc1cc(Br)cc2c1OCCN(C(=O)C1CC1)C2. The van der Waals surface area contributed by atoms with Crippen molar-refractivity contribution in [2.45, 2.75) is 25.9 Å². The van der Waals surface area contributed by atoms with Crippen LogP contribution in [0, 0.1) is 5.92 Å². The highest BCUT2D eigenvalue weighted by atomic mass is 79.9. The second kappa shape index (κ2) is 5.13. The number of nitrogens with zero attached hydrogens (tertiary/aromatic N) is 1. The summed E-state index contributed by atoms with van der Waals surface area (Å²) in [5.41, 5.74) is 7.80. The molecule has 0 unspecified atom stereocenters. The van der Waals surface area contributed by atoms with Crippen molar-refractivity contribution < 1.29 is 9.53 Å². The van der Waals surface area contributed by atoms with E-state index >= 15 is 0 Å². The van der Waals surface area contributed by atoms with Crippen molar-refractivity contribution in [3.63, 3.8) is 0 Å². The molecular formula is C14H17BrN2O2. The molecule has 2 N–H and O–H groups in total. The van der Waals surface area contributed by atoms with Gasteiger partial charge in [-0.15, -0.1) is 0 Å². The van der Waals surface area contributed by atoms with Crippen LogP contribution >= 0.6 is 15.9 Å². The lowest BCUT2D eigenvalue weighted by atomic mass is 10.1. The summed E-state index contributed by atoms with van der Waals surface area (Å²) in [6.45, 7) is 2.27. The maximum atomic E-state index is 12.2. The molecule has 4 nitrogen and oxygen atoms in total. The van der Waals surface area contributed by atoms with Gasteiger partial charge in [0.15, 0.2) is 0 Å². The number of hydrogen-bond acceptors (Lipinski definition) is 3. The highest BCUT2D eigenvalue weighted by Crippen LogP contribution is 2.35. The van der Waals surface area contributed by atoms with Gasteiger partial charge in [-0.3, -0.25) is 4.79 Å². The van der Waals surface area contributed by atoms with Crippen LogP contribution in [0.1, 0.15) is 24.0 Å². The Hall–Kier alpha value is -1.07. The highest BCUT2D eigenvalue weighted by Gasteiger charge is 2.34. The summed E-state index contributed by atoms with van der Waals surface area (Å²) in [6.07, 6.45) is 2.07. The van der Waals surface area contributed by atoms with E-state index in [1.165, 1.54) is 0 Å². The first-order chi connectivity index (χ1) is 9.19. The van der Waals surface area contributed by atoms with E-state index in [9.17, 15) is 4.79 Å². The molecule has 1 aromatic carbocycles. The summed E-state index contributed by atoms with van der Waals surface area (Å²) in [5.74, 6) is 1.38. The first-order valence-corrected chi connectivity index (χ1v) is 7.41. The van der Waals surface area contributed by atoms with E-state index < -0.39 is 0 Å². The molecule has 2 aliphatic rings. The minimum Gasteiger partial charge on any atom is -0.491 e. The molecule has 1 fully saturated rings. The molecule has 1 aliphatic carbocycles. The highest BCUT2D eigenvalue weighted by molar-refractivity contribution is 9.10. The topological polar surface area (TPSA) is 55.6 Å². The Labute approximate surface area is 121 Å². The van der Waals surface area contributed by atoms with Crippen LogP contribution in [-0.4, -0.2) is 24.0 Å². The molecule has 0 spiro atoms. The molecule has 3 rings (SSSR count). The van der Waals surface area contributed by atoms with Crippen molar-refractivity contribution >= 4 is 21.8 Å². The smallest absolute Gasteiger partial charge is 0.226 e.